The molecule has 0 saturated heterocycles. The fraction of sp³-hybridized carbons (Fsp3) is 0.846. The van der Waals surface area contributed by atoms with Crippen LogP contribution in [0.2, 0.25) is 0 Å². The van der Waals surface area contributed by atoms with Crippen LogP contribution in [0.3, 0.4) is 0 Å². The molecule has 0 saturated carbocycles. The molecule has 0 aliphatic heterocycles. The fourth-order valence-electron chi connectivity index (χ4n) is 1.62. The van der Waals surface area contributed by atoms with Crippen LogP contribution < -0.4 is 0 Å². The molecule has 1 amide bonds. The summed E-state index contributed by atoms with van der Waals surface area (Å²) in [5.74, 6) is -0.504. The Morgan fingerprint density at radius 3 is 2.24 bits per heavy atom. The van der Waals surface area contributed by atoms with E-state index in [1.165, 1.54) is 26.2 Å². The Morgan fingerprint density at radius 1 is 1.06 bits per heavy atom. The molecular weight excluding hydrogens is 218 g/mol. The zero-order valence-corrected chi connectivity index (χ0v) is 11.3. The van der Waals surface area contributed by atoms with Gasteiger partial charge in [-0.3, -0.25) is 9.59 Å². The second kappa shape index (κ2) is 10.1. The second-order valence-electron chi connectivity index (χ2n) is 4.17. The second-order valence-corrected chi connectivity index (χ2v) is 4.17. The summed E-state index contributed by atoms with van der Waals surface area (Å²) >= 11 is 0. The lowest BCUT2D eigenvalue weighted by Gasteiger charge is -2.20. The van der Waals surface area contributed by atoms with E-state index in [9.17, 15) is 9.59 Å². The molecule has 0 bridgehead atoms. The maximum atomic E-state index is 11.6. The van der Waals surface area contributed by atoms with Crippen molar-refractivity contribution in [1.82, 2.24) is 4.90 Å². The Morgan fingerprint density at radius 2 is 1.71 bits per heavy atom. The number of carbonyl (C=O) groups excluding carboxylic acids is 2. The molecule has 0 radical (unpaired) electrons. The SMILES string of the molecule is CCCCCCCN(CC)C(=O)COC(C)=O. The van der Waals surface area contributed by atoms with Crippen LogP contribution in [-0.2, 0) is 14.3 Å². The average Bonchev–Trinajstić information content (AvgIpc) is 2.31. The third-order valence-electron chi connectivity index (χ3n) is 2.66. The minimum Gasteiger partial charge on any atom is -0.456 e. The van der Waals surface area contributed by atoms with Crippen molar-refractivity contribution in [2.45, 2.75) is 52.9 Å². The highest BCUT2D eigenvalue weighted by Gasteiger charge is 2.12. The number of unbranched alkanes of at least 4 members (excludes halogenated alkanes) is 4. The first-order valence-corrected chi connectivity index (χ1v) is 6.52. The van der Waals surface area contributed by atoms with E-state index in [2.05, 4.69) is 6.92 Å². The van der Waals surface area contributed by atoms with Gasteiger partial charge in [0.05, 0.1) is 0 Å². The van der Waals surface area contributed by atoms with Crippen LogP contribution in [0.15, 0.2) is 0 Å². The normalized spacial score (nSPS) is 10.1. The van der Waals surface area contributed by atoms with Gasteiger partial charge in [0.2, 0.25) is 0 Å². The molecule has 0 rings (SSSR count). The summed E-state index contributed by atoms with van der Waals surface area (Å²) in [6, 6.07) is 0. The molecule has 4 nitrogen and oxygen atoms in total. The molecule has 4 heteroatoms. The smallest absolute Gasteiger partial charge is 0.303 e. The van der Waals surface area contributed by atoms with Crippen LogP contribution in [0.25, 0.3) is 0 Å². The summed E-state index contributed by atoms with van der Waals surface area (Å²) in [5.41, 5.74) is 0. The highest BCUT2D eigenvalue weighted by atomic mass is 16.5. The van der Waals surface area contributed by atoms with Gasteiger partial charge in [-0.05, 0) is 13.3 Å². The van der Waals surface area contributed by atoms with Gasteiger partial charge >= 0.3 is 5.97 Å². The van der Waals surface area contributed by atoms with E-state index in [1.54, 1.807) is 4.90 Å². The molecule has 0 unspecified atom stereocenters. The van der Waals surface area contributed by atoms with Gasteiger partial charge in [0.15, 0.2) is 6.61 Å². The van der Waals surface area contributed by atoms with E-state index in [0.29, 0.717) is 6.54 Å². The number of amides is 1. The zero-order valence-electron chi connectivity index (χ0n) is 11.3. The number of nitrogens with zero attached hydrogens (tertiary/aromatic N) is 1. The Labute approximate surface area is 104 Å². The lowest BCUT2D eigenvalue weighted by Crippen LogP contribution is -2.35. The highest BCUT2D eigenvalue weighted by molar-refractivity contribution is 5.80. The van der Waals surface area contributed by atoms with Gasteiger partial charge < -0.3 is 9.64 Å². The summed E-state index contributed by atoms with van der Waals surface area (Å²) in [5, 5.41) is 0. The highest BCUT2D eigenvalue weighted by Crippen LogP contribution is 2.04. The van der Waals surface area contributed by atoms with Gasteiger partial charge in [-0.15, -0.1) is 0 Å². The molecule has 0 heterocycles. The van der Waals surface area contributed by atoms with Gasteiger partial charge in [0.25, 0.3) is 5.91 Å². The van der Waals surface area contributed by atoms with Crippen LogP contribution in [-0.4, -0.2) is 36.5 Å². The van der Waals surface area contributed by atoms with Crippen molar-refractivity contribution < 1.29 is 14.3 Å². The van der Waals surface area contributed by atoms with Gasteiger partial charge in [0, 0.05) is 20.0 Å². The van der Waals surface area contributed by atoms with Crippen LogP contribution >= 0.6 is 0 Å². The number of esters is 1. The molecule has 100 valence electrons. The first-order valence-electron chi connectivity index (χ1n) is 6.52. The minimum absolute atomic E-state index is 0.0989. The third kappa shape index (κ3) is 8.72. The predicted octanol–water partition coefficient (Wildman–Crippen LogP) is 2.37. The third-order valence-corrected chi connectivity index (χ3v) is 2.66. The molecule has 0 N–H and O–H groups in total. The number of ether oxygens (including phenoxy) is 1. The molecule has 0 aromatic carbocycles. The largest absolute Gasteiger partial charge is 0.456 e. The summed E-state index contributed by atoms with van der Waals surface area (Å²) in [6.07, 6.45) is 5.90. The number of rotatable bonds is 9. The molecule has 0 aliphatic carbocycles. The number of likely N-dealkylation sites (N-methyl/N-ethyl adjacent to an activating group) is 1. The van der Waals surface area contributed by atoms with E-state index in [-0.39, 0.29) is 12.5 Å². The Kier molecular flexibility index (Phi) is 9.49. The quantitative estimate of drug-likeness (QED) is 0.461. The van der Waals surface area contributed by atoms with Crippen molar-refractivity contribution in [3.63, 3.8) is 0 Å². The van der Waals surface area contributed by atoms with Crippen molar-refractivity contribution in [2.75, 3.05) is 19.7 Å². The van der Waals surface area contributed by atoms with Crippen LogP contribution in [0.5, 0.6) is 0 Å². The molecule has 0 fully saturated rings. The van der Waals surface area contributed by atoms with E-state index in [4.69, 9.17) is 4.74 Å². The topological polar surface area (TPSA) is 46.6 Å². The van der Waals surface area contributed by atoms with Gasteiger partial charge in [-0.2, -0.15) is 0 Å². The maximum absolute atomic E-state index is 11.6. The van der Waals surface area contributed by atoms with Crippen molar-refractivity contribution in [3.05, 3.63) is 0 Å². The fourth-order valence-corrected chi connectivity index (χ4v) is 1.62. The standard InChI is InChI=1S/C13H25NO3/c1-4-6-7-8-9-10-14(5-2)13(16)11-17-12(3)15/h4-11H2,1-3H3. The summed E-state index contributed by atoms with van der Waals surface area (Å²) in [7, 11) is 0. The monoisotopic (exact) mass is 243 g/mol. The summed E-state index contributed by atoms with van der Waals surface area (Å²) < 4.78 is 4.70. The van der Waals surface area contributed by atoms with Crippen molar-refractivity contribution in [3.8, 4) is 0 Å². The van der Waals surface area contributed by atoms with Gasteiger partial charge in [0.1, 0.15) is 0 Å². The van der Waals surface area contributed by atoms with Crippen molar-refractivity contribution in [1.29, 1.82) is 0 Å². The lowest BCUT2D eigenvalue weighted by molar-refractivity contribution is -0.150. The summed E-state index contributed by atoms with van der Waals surface area (Å²) in [4.78, 5) is 24.0. The molecule has 0 atom stereocenters. The zero-order chi connectivity index (χ0) is 13.1. The first kappa shape index (κ1) is 15.9. The minimum atomic E-state index is -0.405. The first-order chi connectivity index (χ1) is 8.11. The molecule has 0 aromatic heterocycles. The molecular formula is C13H25NO3. The van der Waals surface area contributed by atoms with Gasteiger partial charge in [-0.1, -0.05) is 32.6 Å². The Hall–Kier alpha value is -1.06. The average molecular weight is 243 g/mol. The van der Waals surface area contributed by atoms with Crippen LogP contribution in [0.4, 0.5) is 0 Å². The number of hydrogen-bond donors (Lipinski definition) is 0. The van der Waals surface area contributed by atoms with Crippen LogP contribution in [0.1, 0.15) is 52.9 Å². The number of hydrogen-bond acceptors (Lipinski definition) is 3. The van der Waals surface area contributed by atoms with E-state index < -0.39 is 5.97 Å². The Balaban J connectivity index is 3.73. The molecule has 0 aliphatic rings. The van der Waals surface area contributed by atoms with Crippen LogP contribution in [0, 0.1) is 0 Å². The van der Waals surface area contributed by atoms with E-state index in [1.807, 2.05) is 6.92 Å². The Bertz CT molecular complexity index is 229. The van der Waals surface area contributed by atoms with Gasteiger partial charge in [-0.25, -0.2) is 0 Å². The molecule has 0 spiro atoms. The lowest BCUT2D eigenvalue weighted by atomic mass is 10.1. The van der Waals surface area contributed by atoms with Crippen molar-refractivity contribution >= 4 is 11.9 Å². The molecule has 17 heavy (non-hydrogen) atoms. The molecule has 0 aromatic rings. The predicted molar refractivity (Wildman–Crippen MR) is 67.6 cm³/mol. The number of carbonyl (C=O) groups is 2. The maximum Gasteiger partial charge on any atom is 0.303 e. The van der Waals surface area contributed by atoms with E-state index in [0.717, 1.165) is 19.4 Å². The van der Waals surface area contributed by atoms with E-state index >= 15 is 0 Å². The summed E-state index contributed by atoms with van der Waals surface area (Å²) in [6.45, 7) is 6.75. The van der Waals surface area contributed by atoms with Crippen molar-refractivity contribution in [2.24, 2.45) is 0 Å².